The maximum atomic E-state index is 6.08. The van der Waals surface area contributed by atoms with Crippen molar-refractivity contribution in [1.29, 1.82) is 0 Å². The van der Waals surface area contributed by atoms with E-state index in [1.54, 1.807) is 10.9 Å². The normalized spacial score (nSPS) is 15.4. The van der Waals surface area contributed by atoms with Gasteiger partial charge in [0, 0.05) is 19.6 Å². The molecule has 0 aliphatic carbocycles. The Morgan fingerprint density at radius 3 is 2.71 bits per heavy atom. The summed E-state index contributed by atoms with van der Waals surface area (Å²) in [4.78, 5) is 15.2. The van der Waals surface area contributed by atoms with E-state index in [1.165, 1.54) is 6.42 Å². The van der Waals surface area contributed by atoms with Crippen LogP contribution in [0.3, 0.4) is 0 Å². The highest BCUT2D eigenvalue weighted by Gasteiger charge is 2.18. The van der Waals surface area contributed by atoms with Crippen LogP contribution in [0.15, 0.2) is 6.20 Å². The highest BCUT2D eigenvalue weighted by atomic mass is 35.5. The number of hydrogen-bond donors (Lipinski definition) is 0. The molecule has 3 rings (SSSR count). The molecular formula is C13H18ClN7. The Kier molecular flexibility index (Phi) is 4.28. The highest BCUT2D eigenvalue weighted by Crippen LogP contribution is 2.21. The second-order valence-corrected chi connectivity index (χ2v) is 5.46. The van der Waals surface area contributed by atoms with E-state index in [0.717, 1.165) is 44.6 Å². The fourth-order valence-electron chi connectivity index (χ4n) is 2.50. The molecule has 0 N–H and O–H groups in total. The lowest BCUT2D eigenvalue weighted by molar-refractivity contribution is 0.566. The molecule has 1 fully saturated rings. The molecule has 0 saturated carbocycles. The smallest absolute Gasteiger partial charge is 0.230 e. The predicted molar refractivity (Wildman–Crippen MR) is 80.2 cm³/mol. The van der Waals surface area contributed by atoms with Crippen LogP contribution in [-0.4, -0.2) is 43.0 Å². The van der Waals surface area contributed by atoms with Crippen molar-refractivity contribution >= 4 is 17.5 Å². The van der Waals surface area contributed by atoms with Gasteiger partial charge in [-0.1, -0.05) is 12.1 Å². The third-order valence-corrected chi connectivity index (χ3v) is 3.69. The number of aromatic nitrogens is 6. The minimum absolute atomic E-state index is 0.213. The molecule has 1 saturated heterocycles. The topological polar surface area (TPSA) is 72.6 Å². The number of piperidine rings is 1. The first-order chi connectivity index (χ1) is 10.3. The van der Waals surface area contributed by atoms with Crippen molar-refractivity contribution in [3.63, 3.8) is 0 Å². The average molecular weight is 308 g/mol. The molecule has 0 aromatic carbocycles. The van der Waals surface area contributed by atoms with E-state index >= 15 is 0 Å². The molecule has 21 heavy (non-hydrogen) atoms. The van der Waals surface area contributed by atoms with Gasteiger partial charge in [-0.15, -0.1) is 5.10 Å². The second-order valence-electron chi connectivity index (χ2n) is 5.12. The Morgan fingerprint density at radius 2 is 1.95 bits per heavy atom. The van der Waals surface area contributed by atoms with E-state index in [9.17, 15) is 0 Å². The van der Waals surface area contributed by atoms with Crippen LogP contribution in [-0.2, 0) is 6.54 Å². The lowest BCUT2D eigenvalue weighted by atomic mass is 10.1. The van der Waals surface area contributed by atoms with Gasteiger partial charge in [-0.25, -0.2) is 4.68 Å². The van der Waals surface area contributed by atoms with Crippen molar-refractivity contribution in [2.45, 2.75) is 39.2 Å². The van der Waals surface area contributed by atoms with Gasteiger partial charge in [-0.3, -0.25) is 0 Å². The van der Waals surface area contributed by atoms with Gasteiger partial charge in [0.2, 0.25) is 11.2 Å². The summed E-state index contributed by atoms with van der Waals surface area (Å²) >= 11 is 6.08. The van der Waals surface area contributed by atoms with Gasteiger partial charge in [-0.05, 0) is 37.3 Å². The first kappa shape index (κ1) is 14.2. The van der Waals surface area contributed by atoms with Crippen LogP contribution >= 0.6 is 11.6 Å². The van der Waals surface area contributed by atoms with E-state index in [-0.39, 0.29) is 5.28 Å². The van der Waals surface area contributed by atoms with Crippen molar-refractivity contribution in [3.8, 4) is 11.5 Å². The summed E-state index contributed by atoms with van der Waals surface area (Å²) in [7, 11) is 0. The van der Waals surface area contributed by atoms with Crippen LogP contribution in [0.4, 0.5) is 5.95 Å². The predicted octanol–water partition coefficient (Wildman–Crippen LogP) is 2.18. The minimum atomic E-state index is 0.213. The molecule has 8 heteroatoms. The summed E-state index contributed by atoms with van der Waals surface area (Å²) in [6.07, 6.45) is 6.22. The van der Waals surface area contributed by atoms with Crippen molar-refractivity contribution in [2.24, 2.45) is 0 Å². The van der Waals surface area contributed by atoms with Crippen LogP contribution < -0.4 is 4.90 Å². The van der Waals surface area contributed by atoms with Crippen LogP contribution in [0.2, 0.25) is 5.28 Å². The maximum Gasteiger partial charge on any atom is 0.230 e. The number of nitrogens with zero attached hydrogens (tertiary/aromatic N) is 7. The third kappa shape index (κ3) is 3.12. The Morgan fingerprint density at radius 1 is 1.14 bits per heavy atom. The summed E-state index contributed by atoms with van der Waals surface area (Å²) in [5.74, 6) is 1.18. The number of halogens is 1. The Bertz CT molecular complexity index is 606. The van der Waals surface area contributed by atoms with Gasteiger partial charge < -0.3 is 4.90 Å². The largest absolute Gasteiger partial charge is 0.341 e. The van der Waals surface area contributed by atoms with Crippen LogP contribution in [0, 0.1) is 0 Å². The first-order valence-electron chi connectivity index (χ1n) is 7.33. The summed E-state index contributed by atoms with van der Waals surface area (Å²) in [6, 6.07) is 0. The zero-order valence-electron chi connectivity index (χ0n) is 12.0. The monoisotopic (exact) mass is 307 g/mol. The van der Waals surface area contributed by atoms with E-state index in [1.807, 2.05) is 0 Å². The summed E-state index contributed by atoms with van der Waals surface area (Å²) in [6.45, 7) is 4.79. The van der Waals surface area contributed by atoms with Crippen molar-refractivity contribution in [2.75, 3.05) is 18.0 Å². The van der Waals surface area contributed by atoms with Gasteiger partial charge in [-0.2, -0.15) is 15.0 Å². The first-order valence-corrected chi connectivity index (χ1v) is 7.71. The molecule has 2 aromatic rings. The zero-order chi connectivity index (χ0) is 14.7. The molecule has 1 aliphatic rings. The zero-order valence-corrected chi connectivity index (χ0v) is 12.8. The van der Waals surface area contributed by atoms with E-state index in [4.69, 9.17) is 11.6 Å². The van der Waals surface area contributed by atoms with E-state index < -0.39 is 0 Å². The summed E-state index contributed by atoms with van der Waals surface area (Å²) < 4.78 is 1.80. The molecule has 1 aliphatic heterocycles. The molecule has 0 unspecified atom stereocenters. The Balaban J connectivity index is 1.95. The van der Waals surface area contributed by atoms with Crippen molar-refractivity contribution < 1.29 is 0 Å². The summed E-state index contributed by atoms with van der Waals surface area (Å²) in [5.41, 5.74) is 0.777. The van der Waals surface area contributed by atoms with Crippen LogP contribution in [0.25, 0.3) is 11.5 Å². The number of anilines is 1. The van der Waals surface area contributed by atoms with Gasteiger partial charge in [0.1, 0.15) is 5.69 Å². The molecule has 0 amide bonds. The van der Waals surface area contributed by atoms with E-state index in [2.05, 4.69) is 37.1 Å². The molecule has 3 heterocycles. The van der Waals surface area contributed by atoms with Crippen LogP contribution in [0.1, 0.15) is 32.6 Å². The second kappa shape index (κ2) is 6.34. The average Bonchev–Trinajstić information content (AvgIpc) is 2.96. The quantitative estimate of drug-likeness (QED) is 0.862. The van der Waals surface area contributed by atoms with Crippen molar-refractivity contribution in [1.82, 2.24) is 29.9 Å². The SMILES string of the molecule is CCCn1nncc1-c1nc(Cl)nc(N2CCCCC2)n1. The highest BCUT2D eigenvalue weighted by molar-refractivity contribution is 6.28. The standard InChI is InChI=1S/C13H18ClN7/c1-2-6-21-10(9-15-19-21)11-16-12(14)18-13(17-11)20-7-4-3-5-8-20/h9H,2-8H2,1H3. The Hall–Kier alpha value is -1.76. The fourth-order valence-corrected chi connectivity index (χ4v) is 2.65. The van der Waals surface area contributed by atoms with Crippen molar-refractivity contribution in [3.05, 3.63) is 11.5 Å². The van der Waals surface area contributed by atoms with Gasteiger partial charge in [0.05, 0.1) is 6.20 Å². The number of rotatable bonds is 4. The molecule has 0 radical (unpaired) electrons. The lowest BCUT2D eigenvalue weighted by Gasteiger charge is -2.26. The maximum absolute atomic E-state index is 6.08. The summed E-state index contributed by atoms with van der Waals surface area (Å²) in [5, 5.41) is 8.22. The van der Waals surface area contributed by atoms with Crippen LogP contribution in [0.5, 0.6) is 0 Å². The molecular weight excluding hydrogens is 290 g/mol. The molecule has 0 atom stereocenters. The minimum Gasteiger partial charge on any atom is -0.341 e. The Labute approximate surface area is 128 Å². The molecule has 0 spiro atoms. The third-order valence-electron chi connectivity index (χ3n) is 3.52. The molecule has 112 valence electrons. The van der Waals surface area contributed by atoms with Gasteiger partial charge in [0.25, 0.3) is 0 Å². The van der Waals surface area contributed by atoms with E-state index in [0.29, 0.717) is 11.8 Å². The lowest BCUT2D eigenvalue weighted by Crippen LogP contribution is -2.31. The number of hydrogen-bond acceptors (Lipinski definition) is 6. The molecule has 2 aromatic heterocycles. The molecule has 0 bridgehead atoms. The molecule has 7 nitrogen and oxygen atoms in total. The van der Waals surface area contributed by atoms with Gasteiger partial charge >= 0.3 is 0 Å². The van der Waals surface area contributed by atoms with Gasteiger partial charge in [0.15, 0.2) is 5.82 Å². The fraction of sp³-hybridized carbons (Fsp3) is 0.615. The number of aryl methyl sites for hydroxylation is 1.